The highest BCUT2D eigenvalue weighted by Crippen LogP contribution is 2.32. The number of pyridine rings is 1. The predicted molar refractivity (Wildman–Crippen MR) is 115 cm³/mol. The number of carboxylic acids is 2. The second-order valence-electron chi connectivity index (χ2n) is 6.83. The van der Waals surface area contributed by atoms with Crippen LogP contribution in [0.15, 0.2) is 60.8 Å². The van der Waals surface area contributed by atoms with E-state index >= 15 is 0 Å². The van der Waals surface area contributed by atoms with E-state index in [1.54, 1.807) is 6.20 Å². The Morgan fingerprint density at radius 1 is 1.10 bits per heavy atom. The fourth-order valence-corrected chi connectivity index (χ4v) is 3.31. The Morgan fingerprint density at radius 3 is 2.45 bits per heavy atom. The van der Waals surface area contributed by atoms with Crippen molar-refractivity contribution in [3.63, 3.8) is 0 Å². The standard InChI is InChI=1S/C19H24N2O2.C4H4O4/c1-2-22-19-18(9-6-11-21-19)23-14-16-13-20-12-10-17(16)15-7-4-3-5-8-15;5-3(6)1-2-4(7)8/h3-9,11,16-17,20H,2,10,12-14H2,1H3;1-2H,(H,5,6)(H,7,8)/b;2-1+/t16-,17-;/m1./s1. The summed E-state index contributed by atoms with van der Waals surface area (Å²) in [5, 5.41) is 19.1. The third kappa shape index (κ3) is 8.47. The van der Waals surface area contributed by atoms with Gasteiger partial charge < -0.3 is 25.0 Å². The van der Waals surface area contributed by atoms with Crippen LogP contribution in [0.25, 0.3) is 0 Å². The van der Waals surface area contributed by atoms with Crippen LogP contribution in [0.4, 0.5) is 0 Å². The topological polar surface area (TPSA) is 118 Å². The van der Waals surface area contributed by atoms with Gasteiger partial charge in [0.1, 0.15) is 0 Å². The van der Waals surface area contributed by atoms with Crippen molar-refractivity contribution < 1.29 is 29.3 Å². The Balaban J connectivity index is 0.000000366. The molecule has 1 aliphatic heterocycles. The first-order chi connectivity index (χ1) is 15.0. The molecule has 0 unspecified atom stereocenters. The molecule has 1 aliphatic rings. The molecule has 8 nitrogen and oxygen atoms in total. The van der Waals surface area contributed by atoms with Crippen molar-refractivity contribution in [1.29, 1.82) is 0 Å². The molecule has 8 heteroatoms. The van der Waals surface area contributed by atoms with E-state index in [0.29, 0.717) is 43.1 Å². The minimum Gasteiger partial charge on any atom is -0.488 e. The number of aromatic nitrogens is 1. The molecule has 2 heterocycles. The lowest BCUT2D eigenvalue weighted by molar-refractivity contribution is -0.134. The van der Waals surface area contributed by atoms with Crippen LogP contribution < -0.4 is 14.8 Å². The maximum Gasteiger partial charge on any atom is 0.328 e. The molecule has 1 saturated heterocycles. The second kappa shape index (κ2) is 13.0. The molecule has 1 aromatic carbocycles. The van der Waals surface area contributed by atoms with Gasteiger partial charge in [-0.1, -0.05) is 30.3 Å². The first kappa shape index (κ1) is 23.9. The van der Waals surface area contributed by atoms with Gasteiger partial charge in [-0.05, 0) is 43.5 Å². The largest absolute Gasteiger partial charge is 0.488 e. The maximum atomic E-state index is 9.55. The van der Waals surface area contributed by atoms with Crippen molar-refractivity contribution in [2.45, 2.75) is 19.3 Å². The van der Waals surface area contributed by atoms with Gasteiger partial charge in [0.2, 0.25) is 0 Å². The molecular formula is C23H28N2O6. The van der Waals surface area contributed by atoms with E-state index in [9.17, 15) is 9.59 Å². The Kier molecular flexibility index (Phi) is 10.0. The Hall–Kier alpha value is -3.39. The number of carboxylic acid groups (broad SMARTS) is 2. The van der Waals surface area contributed by atoms with E-state index in [-0.39, 0.29) is 0 Å². The number of nitrogens with zero attached hydrogens (tertiary/aromatic N) is 1. The summed E-state index contributed by atoms with van der Waals surface area (Å²) in [6.45, 7) is 5.25. The van der Waals surface area contributed by atoms with Gasteiger partial charge in [-0.2, -0.15) is 0 Å². The van der Waals surface area contributed by atoms with E-state index in [4.69, 9.17) is 19.7 Å². The molecule has 1 aromatic heterocycles. The lowest BCUT2D eigenvalue weighted by Crippen LogP contribution is -2.38. The second-order valence-corrected chi connectivity index (χ2v) is 6.83. The van der Waals surface area contributed by atoms with Gasteiger partial charge in [0, 0.05) is 30.8 Å². The molecule has 3 rings (SSSR count). The summed E-state index contributed by atoms with van der Waals surface area (Å²) in [6, 6.07) is 14.5. The number of carbonyl (C=O) groups is 2. The van der Waals surface area contributed by atoms with Crippen molar-refractivity contribution in [3.8, 4) is 11.6 Å². The first-order valence-corrected chi connectivity index (χ1v) is 10.1. The highest BCUT2D eigenvalue weighted by Gasteiger charge is 2.27. The molecular weight excluding hydrogens is 400 g/mol. The van der Waals surface area contributed by atoms with Gasteiger partial charge in [0.25, 0.3) is 5.88 Å². The number of benzene rings is 1. The van der Waals surface area contributed by atoms with Gasteiger partial charge in [-0.15, -0.1) is 0 Å². The van der Waals surface area contributed by atoms with Crippen LogP contribution in [0.1, 0.15) is 24.8 Å². The molecule has 3 N–H and O–H groups in total. The molecule has 0 spiro atoms. The molecule has 0 saturated carbocycles. The molecule has 0 bridgehead atoms. The summed E-state index contributed by atoms with van der Waals surface area (Å²) in [5.74, 6) is -0.230. The number of ether oxygens (including phenoxy) is 2. The zero-order valence-corrected chi connectivity index (χ0v) is 17.4. The average molecular weight is 428 g/mol. The molecule has 2 aromatic rings. The summed E-state index contributed by atoms with van der Waals surface area (Å²) in [5.41, 5.74) is 1.40. The molecule has 31 heavy (non-hydrogen) atoms. The first-order valence-electron chi connectivity index (χ1n) is 10.1. The fraction of sp³-hybridized carbons (Fsp3) is 0.348. The Bertz CT molecular complexity index is 840. The van der Waals surface area contributed by atoms with Gasteiger partial charge in [-0.25, -0.2) is 14.6 Å². The maximum absolute atomic E-state index is 9.55. The summed E-state index contributed by atoms with van der Waals surface area (Å²) < 4.78 is 11.6. The van der Waals surface area contributed by atoms with Crippen LogP contribution >= 0.6 is 0 Å². The molecule has 0 amide bonds. The molecule has 0 radical (unpaired) electrons. The monoisotopic (exact) mass is 428 g/mol. The highest BCUT2D eigenvalue weighted by molar-refractivity contribution is 5.89. The normalized spacial score (nSPS) is 18.0. The van der Waals surface area contributed by atoms with Crippen LogP contribution in [0.3, 0.4) is 0 Å². The van der Waals surface area contributed by atoms with E-state index in [1.807, 2.05) is 19.1 Å². The smallest absolute Gasteiger partial charge is 0.328 e. The number of rotatable bonds is 8. The number of piperidine rings is 1. The van der Waals surface area contributed by atoms with Gasteiger partial charge >= 0.3 is 11.9 Å². The highest BCUT2D eigenvalue weighted by atomic mass is 16.5. The van der Waals surface area contributed by atoms with Crippen LogP contribution in [-0.2, 0) is 9.59 Å². The predicted octanol–water partition coefficient (Wildman–Crippen LogP) is 2.96. The van der Waals surface area contributed by atoms with E-state index in [1.165, 1.54) is 5.56 Å². The molecule has 1 fully saturated rings. The molecule has 2 atom stereocenters. The van der Waals surface area contributed by atoms with Crippen molar-refractivity contribution in [3.05, 3.63) is 66.4 Å². The van der Waals surface area contributed by atoms with Crippen LogP contribution in [-0.4, -0.2) is 53.4 Å². The SMILES string of the molecule is CCOc1ncccc1OC[C@H]1CNCC[C@@H]1c1ccccc1.O=C(O)/C=C/C(=O)O. The number of hydrogen-bond acceptors (Lipinski definition) is 6. The van der Waals surface area contributed by atoms with Crippen molar-refractivity contribution in [1.82, 2.24) is 10.3 Å². The molecule has 0 aliphatic carbocycles. The summed E-state index contributed by atoms with van der Waals surface area (Å²) in [4.78, 5) is 23.4. The van der Waals surface area contributed by atoms with Crippen molar-refractivity contribution >= 4 is 11.9 Å². The quantitative estimate of drug-likeness (QED) is 0.549. The molecule has 166 valence electrons. The van der Waals surface area contributed by atoms with E-state index in [2.05, 4.69) is 40.6 Å². The number of hydrogen-bond donors (Lipinski definition) is 3. The minimum absolute atomic E-state index is 0.445. The third-order valence-corrected chi connectivity index (χ3v) is 4.67. The average Bonchev–Trinajstić information content (AvgIpc) is 2.78. The zero-order chi connectivity index (χ0) is 22.5. The van der Waals surface area contributed by atoms with Crippen LogP contribution in [0, 0.1) is 5.92 Å². The van der Waals surface area contributed by atoms with Crippen molar-refractivity contribution in [2.75, 3.05) is 26.3 Å². The summed E-state index contributed by atoms with van der Waals surface area (Å²) >= 11 is 0. The lowest BCUT2D eigenvalue weighted by atomic mass is 9.81. The van der Waals surface area contributed by atoms with Crippen LogP contribution in [0.2, 0.25) is 0 Å². The third-order valence-electron chi connectivity index (χ3n) is 4.67. The zero-order valence-electron chi connectivity index (χ0n) is 17.4. The number of aliphatic carboxylic acids is 2. The van der Waals surface area contributed by atoms with Crippen LogP contribution in [0.5, 0.6) is 11.6 Å². The van der Waals surface area contributed by atoms with E-state index in [0.717, 1.165) is 25.3 Å². The Morgan fingerprint density at radius 2 is 1.81 bits per heavy atom. The summed E-state index contributed by atoms with van der Waals surface area (Å²) in [7, 11) is 0. The fourth-order valence-electron chi connectivity index (χ4n) is 3.31. The lowest BCUT2D eigenvalue weighted by Gasteiger charge is -2.32. The van der Waals surface area contributed by atoms with Crippen molar-refractivity contribution in [2.24, 2.45) is 5.92 Å². The van der Waals surface area contributed by atoms with Gasteiger partial charge in [-0.3, -0.25) is 0 Å². The number of nitrogens with one attached hydrogen (secondary N) is 1. The van der Waals surface area contributed by atoms with Gasteiger partial charge in [0.15, 0.2) is 5.75 Å². The Labute approximate surface area is 181 Å². The minimum atomic E-state index is -1.26. The van der Waals surface area contributed by atoms with Gasteiger partial charge in [0.05, 0.1) is 13.2 Å². The van der Waals surface area contributed by atoms with E-state index < -0.39 is 11.9 Å². The summed E-state index contributed by atoms with van der Waals surface area (Å²) in [6.07, 6.45) is 3.99.